The summed E-state index contributed by atoms with van der Waals surface area (Å²) in [7, 11) is 0. The molecule has 5 unspecified atom stereocenters. The van der Waals surface area contributed by atoms with Gasteiger partial charge in [-0.1, -0.05) is 0 Å². The maximum absolute atomic E-state index is 12.2. The van der Waals surface area contributed by atoms with Gasteiger partial charge in [-0.05, 0) is 31.1 Å². The van der Waals surface area contributed by atoms with Crippen molar-refractivity contribution < 1.29 is 14.7 Å². The van der Waals surface area contributed by atoms with Gasteiger partial charge in [0, 0.05) is 36.6 Å². The number of carboxylic acids is 1. The molecule has 2 saturated carbocycles. The van der Waals surface area contributed by atoms with Gasteiger partial charge in [0.1, 0.15) is 0 Å². The van der Waals surface area contributed by atoms with Crippen molar-refractivity contribution in [3.8, 4) is 0 Å². The first-order chi connectivity index (χ1) is 9.65. The van der Waals surface area contributed by atoms with Crippen LogP contribution in [0.25, 0.3) is 0 Å². The Morgan fingerprint density at radius 3 is 2.80 bits per heavy atom. The Morgan fingerprint density at radius 2 is 2.10 bits per heavy atom. The Morgan fingerprint density at radius 1 is 1.30 bits per heavy atom. The number of aliphatic carboxylic acids is 1. The largest absolute Gasteiger partial charge is 0.481 e. The van der Waals surface area contributed by atoms with Gasteiger partial charge in [-0.2, -0.15) is 11.8 Å². The van der Waals surface area contributed by atoms with E-state index in [1.807, 2.05) is 11.8 Å². The highest BCUT2D eigenvalue weighted by atomic mass is 32.2. The van der Waals surface area contributed by atoms with E-state index in [0.29, 0.717) is 12.3 Å². The van der Waals surface area contributed by atoms with Gasteiger partial charge in [-0.3, -0.25) is 9.59 Å². The van der Waals surface area contributed by atoms with Crippen molar-refractivity contribution in [3.05, 3.63) is 0 Å². The van der Waals surface area contributed by atoms with Crippen molar-refractivity contribution >= 4 is 23.6 Å². The lowest BCUT2D eigenvalue weighted by Crippen LogP contribution is -2.49. The van der Waals surface area contributed by atoms with Gasteiger partial charge in [-0.25, -0.2) is 0 Å². The summed E-state index contributed by atoms with van der Waals surface area (Å²) in [4.78, 5) is 23.6. The van der Waals surface area contributed by atoms with Crippen molar-refractivity contribution in [2.45, 2.75) is 37.8 Å². The highest BCUT2D eigenvalue weighted by molar-refractivity contribution is 7.99. The molecular weight excluding hydrogens is 276 g/mol. The van der Waals surface area contributed by atoms with Crippen LogP contribution in [0, 0.1) is 17.8 Å². The Labute approximate surface area is 123 Å². The SMILES string of the molecule is O=C(CC1CSCCN1)NC1C2CCC(C2)C1C(=O)O. The molecule has 3 aliphatic rings. The zero-order valence-corrected chi connectivity index (χ0v) is 12.3. The monoisotopic (exact) mass is 298 g/mol. The van der Waals surface area contributed by atoms with Gasteiger partial charge in [0.15, 0.2) is 0 Å². The zero-order valence-electron chi connectivity index (χ0n) is 11.5. The first kappa shape index (κ1) is 14.2. The van der Waals surface area contributed by atoms with Crippen LogP contribution in [0.5, 0.6) is 0 Å². The van der Waals surface area contributed by atoms with E-state index in [1.165, 1.54) is 0 Å². The smallest absolute Gasteiger partial charge is 0.308 e. The van der Waals surface area contributed by atoms with Crippen molar-refractivity contribution in [2.75, 3.05) is 18.1 Å². The lowest BCUT2D eigenvalue weighted by molar-refractivity contribution is -0.144. The molecule has 1 saturated heterocycles. The molecule has 0 radical (unpaired) electrons. The Balaban J connectivity index is 1.56. The van der Waals surface area contributed by atoms with E-state index in [2.05, 4.69) is 10.6 Å². The molecule has 3 fully saturated rings. The molecule has 3 rings (SSSR count). The second-order valence-electron chi connectivity index (χ2n) is 6.22. The molecule has 6 heteroatoms. The third-order valence-corrected chi connectivity index (χ3v) is 6.09. The number of hydrogen-bond acceptors (Lipinski definition) is 4. The van der Waals surface area contributed by atoms with E-state index >= 15 is 0 Å². The third-order valence-electron chi connectivity index (χ3n) is 4.96. The molecular formula is C14H22N2O3S. The fourth-order valence-electron chi connectivity index (χ4n) is 4.07. The normalized spacial score (nSPS) is 39.7. The van der Waals surface area contributed by atoms with Crippen LogP contribution in [0.2, 0.25) is 0 Å². The number of carbonyl (C=O) groups is 2. The van der Waals surface area contributed by atoms with E-state index in [9.17, 15) is 14.7 Å². The average Bonchev–Trinajstić information content (AvgIpc) is 3.00. The molecule has 1 aliphatic heterocycles. The molecule has 1 heterocycles. The van der Waals surface area contributed by atoms with Crippen LogP contribution in [0.15, 0.2) is 0 Å². The summed E-state index contributed by atoms with van der Waals surface area (Å²) in [6, 6.07) is 0.0885. The first-order valence-corrected chi connectivity index (χ1v) is 8.64. The number of hydrogen-bond donors (Lipinski definition) is 3. The number of fused-ring (bicyclic) bond motifs is 2. The van der Waals surface area contributed by atoms with E-state index in [1.54, 1.807) is 0 Å². The van der Waals surface area contributed by atoms with E-state index < -0.39 is 5.97 Å². The molecule has 1 amide bonds. The van der Waals surface area contributed by atoms with Crippen LogP contribution in [-0.2, 0) is 9.59 Å². The minimum atomic E-state index is -0.742. The molecule has 5 atom stereocenters. The quantitative estimate of drug-likeness (QED) is 0.712. The standard InChI is InChI=1S/C14H22N2O3S/c17-11(6-10-7-20-4-3-15-10)16-13-9-2-1-8(5-9)12(13)14(18)19/h8-10,12-13,15H,1-7H2,(H,16,17)(H,18,19). The maximum Gasteiger partial charge on any atom is 0.308 e. The predicted molar refractivity (Wildman–Crippen MR) is 77.6 cm³/mol. The highest BCUT2D eigenvalue weighted by Crippen LogP contribution is 2.48. The van der Waals surface area contributed by atoms with Crippen LogP contribution in [-0.4, -0.2) is 47.1 Å². The number of carboxylic acid groups (broad SMARTS) is 1. The van der Waals surface area contributed by atoms with Gasteiger partial charge in [0.05, 0.1) is 5.92 Å². The lowest BCUT2D eigenvalue weighted by atomic mass is 9.84. The lowest BCUT2D eigenvalue weighted by Gasteiger charge is -2.30. The molecule has 0 aromatic rings. The van der Waals surface area contributed by atoms with Crippen LogP contribution in [0.4, 0.5) is 0 Å². The number of carbonyl (C=O) groups excluding carboxylic acids is 1. The van der Waals surface area contributed by atoms with Gasteiger partial charge < -0.3 is 15.7 Å². The minimum absolute atomic E-state index is 0.00815. The van der Waals surface area contributed by atoms with Crippen LogP contribution >= 0.6 is 11.8 Å². The number of amides is 1. The summed E-state index contributed by atoms with van der Waals surface area (Å²) < 4.78 is 0. The molecule has 0 spiro atoms. The molecule has 0 aromatic heterocycles. The summed E-state index contributed by atoms with van der Waals surface area (Å²) in [6.07, 6.45) is 3.51. The van der Waals surface area contributed by atoms with Crippen LogP contribution in [0.3, 0.4) is 0 Å². The minimum Gasteiger partial charge on any atom is -0.481 e. The molecule has 5 nitrogen and oxygen atoms in total. The fourth-order valence-corrected chi connectivity index (χ4v) is 5.02. The van der Waals surface area contributed by atoms with Gasteiger partial charge in [-0.15, -0.1) is 0 Å². The second kappa shape index (κ2) is 5.93. The Kier molecular flexibility index (Phi) is 4.21. The fraction of sp³-hybridized carbons (Fsp3) is 0.857. The summed E-state index contributed by atoms with van der Waals surface area (Å²) >= 11 is 1.87. The van der Waals surface area contributed by atoms with E-state index in [-0.39, 0.29) is 29.8 Å². The Hall–Kier alpha value is -0.750. The van der Waals surface area contributed by atoms with Crippen LogP contribution < -0.4 is 10.6 Å². The highest BCUT2D eigenvalue weighted by Gasteiger charge is 2.51. The predicted octanol–water partition coefficient (Wildman–Crippen LogP) is 0.697. The van der Waals surface area contributed by atoms with Crippen molar-refractivity contribution in [3.63, 3.8) is 0 Å². The van der Waals surface area contributed by atoms with Crippen LogP contribution in [0.1, 0.15) is 25.7 Å². The molecule has 0 aromatic carbocycles. The summed E-state index contributed by atoms with van der Waals surface area (Å²) in [5, 5.41) is 15.7. The summed E-state index contributed by atoms with van der Waals surface area (Å²) in [5.74, 6) is 1.61. The summed E-state index contributed by atoms with van der Waals surface area (Å²) in [6.45, 7) is 0.953. The first-order valence-electron chi connectivity index (χ1n) is 7.48. The molecule has 112 valence electrons. The van der Waals surface area contributed by atoms with E-state index in [4.69, 9.17) is 0 Å². The topological polar surface area (TPSA) is 78.4 Å². The van der Waals surface area contributed by atoms with Gasteiger partial charge in [0.2, 0.25) is 5.91 Å². The number of nitrogens with one attached hydrogen (secondary N) is 2. The van der Waals surface area contributed by atoms with Crippen molar-refractivity contribution in [2.24, 2.45) is 17.8 Å². The maximum atomic E-state index is 12.2. The third kappa shape index (κ3) is 2.81. The molecule has 2 bridgehead atoms. The van der Waals surface area contributed by atoms with E-state index in [0.717, 1.165) is 37.3 Å². The second-order valence-corrected chi connectivity index (χ2v) is 7.37. The molecule has 3 N–H and O–H groups in total. The average molecular weight is 298 g/mol. The molecule has 2 aliphatic carbocycles. The zero-order chi connectivity index (χ0) is 14.1. The van der Waals surface area contributed by atoms with Gasteiger partial charge >= 0.3 is 5.97 Å². The number of rotatable bonds is 4. The van der Waals surface area contributed by atoms with Crippen molar-refractivity contribution in [1.29, 1.82) is 0 Å². The summed E-state index contributed by atoms with van der Waals surface area (Å²) in [5.41, 5.74) is 0. The Bertz CT molecular complexity index is 398. The number of thioether (sulfide) groups is 1. The van der Waals surface area contributed by atoms with Gasteiger partial charge in [0.25, 0.3) is 0 Å². The molecule has 20 heavy (non-hydrogen) atoms. The van der Waals surface area contributed by atoms with Crippen molar-refractivity contribution in [1.82, 2.24) is 10.6 Å².